The molecule has 0 amide bonds. The summed E-state index contributed by atoms with van der Waals surface area (Å²) in [7, 11) is 0. The van der Waals surface area contributed by atoms with Crippen LogP contribution in [0.2, 0.25) is 0 Å². The fourth-order valence-corrected chi connectivity index (χ4v) is 4.05. The first-order chi connectivity index (χ1) is 9.10. The monoisotopic (exact) mass is 323 g/mol. The van der Waals surface area contributed by atoms with Gasteiger partial charge in [0.2, 0.25) is 0 Å². The summed E-state index contributed by atoms with van der Waals surface area (Å²) in [6, 6.07) is 0. The van der Waals surface area contributed by atoms with Gasteiger partial charge in [0.05, 0.1) is 0 Å². The quantitative estimate of drug-likeness (QED) is 0.599. The third kappa shape index (κ3) is 3.21. The van der Waals surface area contributed by atoms with Gasteiger partial charge in [-0.1, -0.05) is 6.92 Å². The molecule has 0 spiro atoms. The Labute approximate surface area is 118 Å². The number of halogens is 6. The molecule has 0 aliphatic heterocycles. The van der Waals surface area contributed by atoms with E-state index in [4.69, 9.17) is 5.73 Å². The Morgan fingerprint density at radius 2 is 1.40 bits per heavy atom. The van der Waals surface area contributed by atoms with E-state index >= 15 is 0 Å². The lowest BCUT2D eigenvalue weighted by molar-refractivity contribution is -0.362. The fourth-order valence-electron chi connectivity index (χ4n) is 3.17. The van der Waals surface area contributed by atoms with Gasteiger partial charge in [0.25, 0.3) is 0 Å². The second-order valence-corrected chi connectivity index (χ2v) is 6.46. The molecule has 1 saturated carbocycles. The molecule has 0 atom stereocenters. The average molecular weight is 323 g/mol. The van der Waals surface area contributed by atoms with Crippen molar-refractivity contribution in [1.29, 1.82) is 0 Å². The summed E-state index contributed by atoms with van der Waals surface area (Å²) in [5.41, 5.74) is 1.78. The van der Waals surface area contributed by atoms with Crippen LogP contribution >= 0.6 is 11.8 Å². The smallest absolute Gasteiger partial charge is 0.322 e. The second kappa shape index (κ2) is 6.34. The summed E-state index contributed by atoms with van der Waals surface area (Å²) >= 11 is 1.40. The number of alkyl halides is 6. The highest BCUT2D eigenvalue weighted by Gasteiger charge is 2.72. The van der Waals surface area contributed by atoms with E-state index in [0.29, 0.717) is 18.7 Å². The zero-order valence-corrected chi connectivity index (χ0v) is 12.0. The maximum Gasteiger partial charge on any atom is 0.403 e. The van der Waals surface area contributed by atoms with Gasteiger partial charge in [-0.05, 0) is 38.0 Å². The normalized spacial score (nSPS) is 25.8. The highest BCUT2D eigenvalue weighted by atomic mass is 32.2. The molecule has 0 bridgehead atoms. The third-order valence-electron chi connectivity index (χ3n) is 4.27. The summed E-state index contributed by atoms with van der Waals surface area (Å²) in [6.45, 7) is 0.974. The first-order valence-electron chi connectivity index (χ1n) is 6.55. The predicted molar refractivity (Wildman–Crippen MR) is 67.2 cm³/mol. The van der Waals surface area contributed by atoms with Crippen LogP contribution in [0.5, 0.6) is 0 Å². The van der Waals surface area contributed by atoms with Crippen molar-refractivity contribution < 1.29 is 26.3 Å². The summed E-state index contributed by atoms with van der Waals surface area (Å²) < 4.78 is 78.9. The molecule has 1 nitrogen and oxygen atoms in total. The van der Waals surface area contributed by atoms with Crippen molar-refractivity contribution in [3.8, 4) is 0 Å². The molecule has 1 aliphatic carbocycles. The van der Waals surface area contributed by atoms with Gasteiger partial charge in [-0.25, -0.2) is 0 Å². The molecule has 0 aromatic rings. The molecule has 0 aromatic heterocycles. The standard InChI is InChI=1S/C12H19F6NS/c1-2-10(11(13,14)15,12(16,17)18)8-3-5-9(6-4-8)20-7-19/h8-9H,2-7,19H2,1H3. The van der Waals surface area contributed by atoms with Crippen LogP contribution in [0.1, 0.15) is 39.0 Å². The highest BCUT2D eigenvalue weighted by Crippen LogP contribution is 2.60. The van der Waals surface area contributed by atoms with E-state index < -0.39 is 30.1 Å². The topological polar surface area (TPSA) is 26.0 Å². The summed E-state index contributed by atoms with van der Waals surface area (Å²) in [5.74, 6) is -1.05. The average Bonchev–Trinajstić information content (AvgIpc) is 2.29. The van der Waals surface area contributed by atoms with Gasteiger partial charge in [0.1, 0.15) is 0 Å². The van der Waals surface area contributed by atoms with Gasteiger partial charge in [0, 0.05) is 11.1 Å². The van der Waals surface area contributed by atoms with E-state index in [2.05, 4.69) is 0 Å². The lowest BCUT2D eigenvalue weighted by Gasteiger charge is -2.45. The number of rotatable bonds is 4. The van der Waals surface area contributed by atoms with Crippen LogP contribution < -0.4 is 5.73 Å². The number of hydrogen-bond acceptors (Lipinski definition) is 2. The zero-order chi connectivity index (χ0) is 15.6. The Morgan fingerprint density at radius 3 is 1.70 bits per heavy atom. The minimum absolute atomic E-state index is 0.0511. The Morgan fingerprint density at radius 1 is 0.950 bits per heavy atom. The molecular weight excluding hydrogens is 304 g/mol. The first-order valence-corrected chi connectivity index (χ1v) is 7.60. The van der Waals surface area contributed by atoms with Crippen LogP contribution in [0.3, 0.4) is 0 Å². The summed E-state index contributed by atoms with van der Waals surface area (Å²) in [5, 5.41) is 0.0762. The zero-order valence-electron chi connectivity index (χ0n) is 11.2. The van der Waals surface area contributed by atoms with Crippen molar-refractivity contribution in [3.63, 3.8) is 0 Å². The third-order valence-corrected chi connectivity index (χ3v) is 5.41. The molecule has 0 unspecified atom stereocenters. The summed E-state index contributed by atoms with van der Waals surface area (Å²) in [4.78, 5) is 0. The maximum absolute atomic E-state index is 13.2. The van der Waals surface area contributed by atoms with Crippen molar-refractivity contribution in [2.75, 3.05) is 5.88 Å². The molecule has 2 N–H and O–H groups in total. The van der Waals surface area contributed by atoms with Crippen LogP contribution in [-0.4, -0.2) is 23.5 Å². The molecule has 1 rings (SSSR count). The van der Waals surface area contributed by atoms with Crippen molar-refractivity contribution in [2.24, 2.45) is 17.1 Å². The Balaban J connectivity index is 2.98. The molecule has 8 heteroatoms. The lowest BCUT2D eigenvalue weighted by atomic mass is 9.66. The van der Waals surface area contributed by atoms with Gasteiger partial charge in [-0.15, -0.1) is 11.8 Å². The van der Waals surface area contributed by atoms with Crippen LogP contribution in [0.25, 0.3) is 0 Å². The molecule has 1 aliphatic rings. The van der Waals surface area contributed by atoms with Gasteiger partial charge >= 0.3 is 12.4 Å². The second-order valence-electron chi connectivity index (χ2n) is 5.13. The Bertz CT molecular complexity index is 292. The number of thioether (sulfide) groups is 1. The van der Waals surface area contributed by atoms with Gasteiger partial charge in [-0.3, -0.25) is 0 Å². The first kappa shape index (κ1) is 17.9. The van der Waals surface area contributed by atoms with Crippen LogP contribution in [0.4, 0.5) is 26.3 Å². The van der Waals surface area contributed by atoms with Crippen molar-refractivity contribution in [3.05, 3.63) is 0 Å². The minimum atomic E-state index is -5.27. The van der Waals surface area contributed by atoms with Gasteiger partial charge in [-0.2, -0.15) is 26.3 Å². The van der Waals surface area contributed by atoms with Crippen LogP contribution in [0.15, 0.2) is 0 Å². The molecule has 0 radical (unpaired) electrons. The predicted octanol–water partition coefficient (Wildman–Crippen LogP) is 4.72. The maximum atomic E-state index is 13.2. The lowest BCUT2D eigenvalue weighted by Crippen LogP contribution is -2.55. The molecule has 0 heterocycles. The van der Waals surface area contributed by atoms with Gasteiger partial charge < -0.3 is 5.73 Å². The number of nitrogens with two attached hydrogens (primary N) is 1. The largest absolute Gasteiger partial charge is 0.403 e. The molecule has 20 heavy (non-hydrogen) atoms. The fraction of sp³-hybridized carbons (Fsp3) is 1.00. The van der Waals surface area contributed by atoms with E-state index in [9.17, 15) is 26.3 Å². The molecular formula is C12H19F6NS. The molecule has 0 aromatic carbocycles. The number of hydrogen-bond donors (Lipinski definition) is 1. The van der Waals surface area contributed by atoms with E-state index in [1.165, 1.54) is 11.8 Å². The Hall–Kier alpha value is -0.110. The van der Waals surface area contributed by atoms with E-state index in [-0.39, 0.29) is 18.1 Å². The Kier molecular flexibility index (Phi) is 5.68. The van der Waals surface area contributed by atoms with Crippen molar-refractivity contribution in [2.45, 2.75) is 56.6 Å². The van der Waals surface area contributed by atoms with E-state index in [1.54, 1.807) is 0 Å². The van der Waals surface area contributed by atoms with E-state index in [0.717, 1.165) is 6.92 Å². The summed E-state index contributed by atoms with van der Waals surface area (Å²) in [6.07, 6.45) is -10.9. The minimum Gasteiger partial charge on any atom is -0.322 e. The molecule has 120 valence electrons. The molecule has 1 fully saturated rings. The van der Waals surface area contributed by atoms with E-state index in [1.807, 2.05) is 0 Å². The molecule has 0 saturated heterocycles. The van der Waals surface area contributed by atoms with Crippen LogP contribution in [-0.2, 0) is 0 Å². The van der Waals surface area contributed by atoms with Gasteiger partial charge in [0.15, 0.2) is 5.41 Å². The van der Waals surface area contributed by atoms with Crippen molar-refractivity contribution in [1.82, 2.24) is 0 Å². The highest BCUT2D eigenvalue weighted by molar-refractivity contribution is 7.99. The van der Waals surface area contributed by atoms with Crippen LogP contribution in [0, 0.1) is 11.3 Å². The van der Waals surface area contributed by atoms with Crippen molar-refractivity contribution >= 4 is 11.8 Å². The SMILES string of the molecule is CCC(C1CCC(SCN)CC1)(C(F)(F)F)C(F)(F)F.